The third kappa shape index (κ3) is 4.91. The molecule has 0 radical (unpaired) electrons. The lowest BCUT2D eigenvalue weighted by molar-refractivity contribution is -0.113. The van der Waals surface area contributed by atoms with Crippen LogP contribution in [0.2, 0.25) is 0 Å². The highest BCUT2D eigenvalue weighted by Crippen LogP contribution is 2.24. The smallest absolute Gasteiger partial charge is 0.272 e. The Labute approximate surface area is 191 Å². The van der Waals surface area contributed by atoms with Gasteiger partial charge in [-0.3, -0.25) is 19.0 Å². The van der Waals surface area contributed by atoms with Crippen molar-refractivity contribution in [2.45, 2.75) is 13.8 Å². The molecule has 2 N–H and O–H groups in total. The second-order valence-electron chi connectivity index (χ2n) is 7.69. The lowest BCUT2D eigenvalue weighted by Gasteiger charge is -2.11. The number of amides is 2. The molecule has 1 aromatic heterocycles. The molecule has 0 fully saturated rings. The average molecular weight is 437 g/mol. The molecule has 0 saturated carbocycles. The Hall–Kier alpha value is -4.45. The monoisotopic (exact) mass is 437 g/mol. The number of nitrogens with one attached hydrogen (secondary N) is 2. The summed E-state index contributed by atoms with van der Waals surface area (Å²) < 4.78 is 1.52. The molecule has 164 valence electrons. The van der Waals surface area contributed by atoms with Crippen molar-refractivity contribution in [3.05, 3.63) is 107 Å². The van der Waals surface area contributed by atoms with E-state index >= 15 is 0 Å². The topological polar surface area (TPSA) is 80.2 Å². The van der Waals surface area contributed by atoms with E-state index < -0.39 is 11.8 Å². The van der Waals surface area contributed by atoms with Gasteiger partial charge in [0.1, 0.15) is 5.70 Å². The van der Waals surface area contributed by atoms with Crippen molar-refractivity contribution in [3.8, 4) is 0 Å². The zero-order valence-electron chi connectivity index (χ0n) is 18.3. The second-order valence-corrected chi connectivity index (χ2v) is 7.69. The summed E-state index contributed by atoms with van der Waals surface area (Å²) >= 11 is 0. The molecule has 4 rings (SSSR count). The minimum Gasteiger partial charge on any atom is -0.321 e. The van der Waals surface area contributed by atoms with Gasteiger partial charge in [-0.15, -0.1) is 0 Å². The van der Waals surface area contributed by atoms with E-state index in [0.29, 0.717) is 16.8 Å². The van der Waals surface area contributed by atoms with Crippen LogP contribution >= 0.6 is 0 Å². The van der Waals surface area contributed by atoms with Gasteiger partial charge < -0.3 is 10.6 Å². The molecular formula is C27H23N3O3. The van der Waals surface area contributed by atoms with E-state index in [9.17, 15) is 14.4 Å². The van der Waals surface area contributed by atoms with E-state index in [0.717, 1.165) is 16.5 Å². The summed E-state index contributed by atoms with van der Waals surface area (Å²) in [5.74, 6) is -1.02. The largest absolute Gasteiger partial charge is 0.321 e. The van der Waals surface area contributed by atoms with Crippen LogP contribution in [0.25, 0.3) is 17.0 Å². The number of nitrogens with zero attached hydrogens (tertiary/aromatic N) is 1. The number of aromatic nitrogens is 1. The van der Waals surface area contributed by atoms with Gasteiger partial charge in [-0.2, -0.15) is 0 Å². The maximum absolute atomic E-state index is 13.2. The number of benzene rings is 3. The molecule has 0 aliphatic heterocycles. The first-order valence-electron chi connectivity index (χ1n) is 10.5. The number of para-hydroxylation sites is 1. The molecule has 33 heavy (non-hydrogen) atoms. The molecule has 3 aromatic carbocycles. The fourth-order valence-electron chi connectivity index (χ4n) is 3.60. The molecule has 0 aliphatic carbocycles. The van der Waals surface area contributed by atoms with Gasteiger partial charge in [0, 0.05) is 35.3 Å². The van der Waals surface area contributed by atoms with Crippen LogP contribution in [0.5, 0.6) is 0 Å². The lowest BCUT2D eigenvalue weighted by Crippen LogP contribution is -2.30. The molecule has 1 heterocycles. The van der Waals surface area contributed by atoms with Crippen LogP contribution in [0.15, 0.2) is 90.8 Å². The fourth-order valence-corrected chi connectivity index (χ4v) is 3.60. The van der Waals surface area contributed by atoms with Gasteiger partial charge in [-0.25, -0.2) is 0 Å². The highest BCUT2D eigenvalue weighted by Gasteiger charge is 2.17. The number of carbonyl (C=O) groups is 3. The molecule has 6 nitrogen and oxygen atoms in total. The highest BCUT2D eigenvalue weighted by atomic mass is 16.2. The first-order valence-corrected chi connectivity index (χ1v) is 10.5. The Morgan fingerprint density at radius 2 is 1.61 bits per heavy atom. The number of fused-ring (bicyclic) bond motifs is 1. The van der Waals surface area contributed by atoms with Gasteiger partial charge in [0.15, 0.2) is 0 Å². The van der Waals surface area contributed by atoms with Gasteiger partial charge >= 0.3 is 0 Å². The molecule has 6 heteroatoms. The molecular weight excluding hydrogens is 414 g/mol. The molecule has 2 amide bonds. The average Bonchev–Trinajstić information content (AvgIpc) is 3.18. The summed E-state index contributed by atoms with van der Waals surface area (Å²) in [6, 6.07) is 23.5. The molecule has 4 aromatic rings. The Bertz CT molecular complexity index is 1380. The fraction of sp³-hybridized carbons (Fsp3) is 0.0741. The van der Waals surface area contributed by atoms with Crippen LogP contribution in [0.3, 0.4) is 0 Å². The Morgan fingerprint density at radius 1 is 0.879 bits per heavy atom. The Balaban J connectivity index is 1.76. The van der Waals surface area contributed by atoms with Crippen LogP contribution < -0.4 is 10.6 Å². The summed E-state index contributed by atoms with van der Waals surface area (Å²) in [4.78, 5) is 38.2. The van der Waals surface area contributed by atoms with Crippen LogP contribution in [0.4, 0.5) is 5.69 Å². The summed E-state index contributed by atoms with van der Waals surface area (Å²) in [7, 11) is 0. The molecule has 0 atom stereocenters. The van der Waals surface area contributed by atoms with Crippen LogP contribution in [-0.2, 0) is 4.79 Å². The van der Waals surface area contributed by atoms with Gasteiger partial charge in [0.25, 0.3) is 11.8 Å². The second kappa shape index (κ2) is 9.36. The van der Waals surface area contributed by atoms with Gasteiger partial charge in [-0.05, 0) is 48.9 Å². The molecule has 0 bridgehead atoms. The van der Waals surface area contributed by atoms with Crippen molar-refractivity contribution in [1.29, 1.82) is 0 Å². The maximum Gasteiger partial charge on any atom is 0.272 e. The zero-order chi connectivity index (χ0) is 23.4. The molecule has 0 unspecified atom stereocenters. The predicted molar refractivity (Wildman–Crippen MR) is 130 cm³/mol. The van der Waals surface area contributed by atoms with E-state index in [1.807, 2.05) is 55.5 Å². The van der Waals surface area contributed by atoms with Crippen LogP contribution in [-0.4, -0.2) is 22.3 Å². The minimum atomic E-state index is -0.468. The van der Waals surface area contributed by atoms with Crippen LogP contribution in [0, 0.1) is 6.92 Å². The quantitative estimate of drug-likeness (QED) is 0.430. The molecule has 0 saturated heterocycles. The van der Waals surface area contributed by atoms with E-state index in [4.69, 9.17) is 0 Å². The summed E-state index contributed by atoms with van der Waals surface area (Å²) in [5.41, 5.74) is 3.48. The van der Waals surface area contributed by atoms with Crippen molar-refractivity contribution in [2.75, 3.05) is 5.32 Å². The van der Waals surface area contributed by atoms with Crippen LogP contribution in [0.1, 0.15) is 33.2 Å². The normalized spacial score (nSPS) is 11.3. The first-order chi connectivity index (χ1) is 15.9. The van der Waals surface area contributed by atoms with Crippen molar-refractivity contribution in [2.24, 2.45) is 0 Å². The summed E-state index contributed by atoms with van der Waals surface area (Å²) in [6.07, 6.45) is 3.26. The van der Waals surface area contributed by atoms with E-state index in [1.165, 1.54) is 11.5 Å². The van der Waals surface area contributed by atoms with Gasteiger partial charge in [-0.1, -0.05) is 48.5 Å². The molecule has 0 spiro atoms. The first kappa shape index (κ1) is 21.8. The van der Waals surface area contributed by atoms with Crippen molar-refractivity contribution in [1.82, 2.24) is 9.88 Å². The number of rotatable bonds is 5. The van der Waals surface area contributed by atoms with Crippen molar-refractivity contribution in [3.63, 3.8) is 0 Å². The van der Waals surface area contributed by atoms with E-state index in [2.05, 4.69) is 10.6 Å². The summed E-state index contributed by atoms with van der Waals surface area (Å²) in [5, 5.41) is 6.37. The Kier molecular flexibility index (Phi) is 6.17. The van der Waals surface area contributed by atoms with Crippen molar-refractivity contribution < 1.29 is 14.4 Å². The van der Waals surface area contributed by atoms with E-state index in [-0.39, 0.29) is 11.6 Å². The standard InChI is InChI=1S/C27H23N3O3/c1-18-9-8-12-22(15-18)28-27(33)24(29-26(32)20-10-4-3-5-11-20)16-21-17-30(19(2)31)25-14-7-6-13-23(21)25/h3-17H,1-2H3,(H,28,33)(H,29,32)/b24-16-. The SMILES string of the molecule is CC(=O)n1cc(/C=C(\NC(=O)c2ccccc2)C(=O)Nc2cccc(C)c2)c2ccccc21. The Morgan fingerprint density at radius 3 is 2.33 bits per heavy atom. The third-order valence-corrected chi connectivity index (χ3v) is 5.19. The third-order valence-electron chi connectivity index (χ3n) is 5.19. The van der Waals surface area contributed by atoms with E-state index in [1.54, 1.807) is 42.6 Å². The zero-order valence-corrected chi connectivity index (χ0v) is 18.3. The number of aryl methyl sites for hydroxylation is 1. The number of carbonyl (C=O) groups excluding carboxylic acids is 3. The number of anilines is 1. The molecule has 0 aliphatic rings. The number of hydrogen-bond acceptors (Lipinski definition) is 3. The lowest BCUT2D eigenvalue weighted by atomic mass is 10.1. The summed E-state index contributed by atoms with van der Waals surface area (Å²) in [6.45, 7) is 3.41. The van der Waals surface area contributed by atoms with Gasteiger partial charge in [0.2, 0.25) is 5.91 Å². The predicted octanol–water partition coefficient (Wildman–Crippen LogP) is 5.02. The van der Waals surface area contributed by atoms with Crippen molar-refractivity contribution >= 4 is 40.4 Å². The highest BCUT2D eigenvalue weighted by molar-refractivity contribution is 6.12. The van der Waals surface area contributed by atoms with Gasteiger partial charge in [0.05, 0.1) is 5.52 Å². The number of hydrogen-bond donors (Lipinski definition) is 2. The maximum atomic E-state index is 13.2. The minimum absolute atomic E-state index is 0.0665.